The number of hydrogen-bond acceptors (Lipinski definition) is 5. The molecular formula is C16H15IN2O5S. The molecule has 0 spiro atoms. The maximum Gasteiger partial charge on any atom is 0.266 e. The number of amides is 2. The van der Waals surface area contributed by atoms with E-state index in [9.17, 15) is 18.0 Å². The van der Waals surface area contributed by atoms with Crippen molar-refractivity contribution in [3.05, 3.63) is 57.7 Å². The van der Waals surface area contributed by atoms with Gasteiger partial charge in [0.05, 0.1) is 10.5 Å². The number of nitrogens with one attached hydrogen (secondary N) is 2. The first-order valence-electron chi connectivity index (χ1n) is 7.04. The van der Waals surface area contributed by atoms with E-state index in [1.165, 1.54) is 31.4 Å². The first kappa shape index (κ1) is 19.3. The minimum Gasteiger partial charge on any atom is -0.375 e. The van der Waals surface area contributed by atoms with Crippen LogP contribution in [0.5, 0.6) is 0 Å². The molecule has 0 aliphatic rings. The third kappa shape index (κ3) is 5.25. The Morgan fingerprint density at radius 1 is 1.08 bits per heavy atom. The van der Waals surface area contributed by atoms with Crippen LogP contribution in [0.4, 0.5) is 5.69 Å². The summed E-state index contributed by atoms with van der Waals surface area (Å²) in [5, 5.41) is 2.55. The standard InChI is InChI=1S/C16H15IN2O5S/c1-24-10-15(20)18-11-6-8-12(9-7-11)25(22,23)19-16(21)13-4-2-3-5-14(13)17/h2-9H,10H2,1H3,(H,18,20)(H,19,21). The maximum atomic E-state index is 12.3. The van der Waals surface area contributed by atoms with Gasteiger partial charge in [-0.25, -0.2) is 13.1 Å². The first-order chi connectivity index (χ1) is 11.8. The van der Waals surface area contributed by atoms with Crippen LogP contribution in [0.3, 0.4) is 0 Å². The van der Waals surface area contributed by atoms with Crippen LogP contribution in [0.25, 0.3) is 0 Å². The molecule has 0 bridgehead atoms. The van der Waals surface area contributed by atoms with Gasteiger partial charge in [0.25, 0.3) is 15.9 Å². The van der Waals surface area contributed by atoms with Crippen molar-refractivity contribution in [2.24, 2.45) is 0 Å². The van der Waals surface area contributed by atoms with Crippen molar-refractivity contribution in [3.63, 3.8) is 0 Å². The van der Waals surface area contributed by atoms with Crippen LogP contribution in [-0.2, 0) is 19.6 Å². The molecule has 0 unspecified atom stereocenters. The summed E-state index contributed by atoms with van der Waals surface area (Å²) in [4.78, 5) is 23.5. The van der Waals surface area contributed by atoms with E-state index in [4.69, 9.17) is 4.74 Å². The van der Waals surface area contributed by atoms with Crippen LogP contribution in [0, 0.1) is 3.57 Å². The number of hydrogen-bond donors (Lipinski definition) is 2. The van der Waals surface area contributed by atoms with E-state index in [0.29, 0.717) is 9.26 Å². The average Bonchev–Trinajstić information content (AvgIpc) is 2.55. The van der Waals surface area contributed by atoms with Gasteiger partial charge in [0.2, 0.25) is 5.91 Å². The van der Waals surface area contributed by atoms with Gasteiger partial charge < -0.3 is 10.1 Å². The average molecular weight is 474 g/mol. The van der Waals surface area contributed by atoms with Crippen LogP contribution >= 0.6 is 22.6 Å². The molecule has 0 heterocycles. The zero-order valence-corrected chi connectivity index (χ0v) is 16.1. The number of benzene rings is 2. The minimum absolute atomic E-state index is 0.0865. The van der Waals surface area contributed by atoms with E-state index in [1.807, 2.05) is 27.3 Å². The summed E-state index contributed by atoms with van der Waals surface area (Å²) in [6, 6.07) is 12.1. The lowest BCUT2D eigenvalue weighted by Crippen LogP contribution is -2.31. The predicted molar refractivity (Wildman–Crippen MR) is 101 cm³/mol. The Bertz CT molecular complexity index is 882. The molecule has 2 rings (SSSR count). The lowest BCUT2D eigenvalue weighted by molar-refractivity contribution is -0.119. The Labute approximate surface area is 159 Å². The highest BCUT2D eigenvalue weighted by Crippen LogP contribution is 2.16. The first-order valence-corrected chi connectivity index (χ1v) is 9.60. The summed E-state index contributed by atoms with van der Waals surface area (Å²) in [5.41, 5.74) is 0.694. The monoisotopic (exact) mass is 474 g/mol. The minimum atomic E-state index is -4.02. The molecule has 0 fully saturated rings. The van der Waals surface area contributed by atoms with Gasteiger partial charge in [-0.15, -0.1) is 0 Å². The molecule has 9 heteroatoms. The van der Waals surface area contributed by atoms with E-state index >= 15 is 0 Å². The lowest BCUT2D eigenvalue weighted by atomic mass is 10.2. The van der Waals surface area contributed by atoms with Gasteiger partial charge in [-0.05, 0) is 59.0 Å². The van der Waals surface area contributed by atoms with E-state index in [2.05, 4.69) is 5.32 Å². The lowest BCUT2D eigenvalue weighted by Gasteiger charge is -2.09. The zero-order valence-electron chi connectivity index (χ0n) is 13.2. The molecule has 0 atom stereocenters. The highest BCUT2D eigenvalue weighted by Gasteiger charge is 2.20. The molecule has 0 aliphatic carbocycles. The second-order valence-electron chi connectivity index (χ2n) is 4.92. The third-order valence-corrected chi connectivity index (χ3v) is 5.36. The Hall–Kier alpha value is -1.98. The number of anilines is 1. The molecule has 0 aliphatic heterocycles. The van der Waals surface area contributed by atoms with Crippen LogP contribution in [0.1, 0.15) is 10.4 Å². The van der Waals surface area contributed by atoms with Crippen molar-refractivity contribution >= 4 is 50.1 Å². The normalized spacial score (nSPS) is 11.0. The topological polar surface area (TPSA) is 102 Å². The number of methoxy groups -OCH3 is 1. The molecule has 0 radical (unpaired) electrons. The highest BCUT2D eigenvalue weighted by atomic mass is 127. The molecule has 2 aromatic rings. The highest BCUT2D eigenvalue weighted by molar-refractivity contribution is 14.1. The molecule has 0 aromatic heterocycles. The summed E-state index contributed by atoms with van der Waals surface area (Å²) in [7, 11) is -2.63. The van der Waals surface area contributed by atoms with Gasteiger partial charge in [0.15, 0.2) is 0 Å². The van der Waals surface area contributed by atoms with Crippen molar-refractivity contribution in [3.8, 4) is 0 Å². The number of sulfonamides is 1. The van der Waals surface area contributed by atoms with E-state index in [1.54, 1.807) is 24.3 Å². The molecule has 25 heavy (non-hydrogen) atoms. The van der Waals surface area contributed by atoms with Gasteiger partial charge in [-0.3, -0.25) is 9.59 Å². The Morgan fingerprint density at radius 3 is 2.32 bits per heavy atom. The van der Waals surface area contributed by atoms with Gasteiger partial charge >= 0.3 is 0 Å². The Kier molecular flexibility index (Phi) is 6.51. The third-order valence-electron chi connectivity index (χ3n) is 3.07. The number of ether oxygens (including phenoxy) is 1. The summed E-state index contributed by atoms with van der Waals surface area (Å²) in [6.45, 7) is -0.105. The van der Waals surface area contributed by atoms with Crippen LogP contribution < -0.4 is 10.0 Å². The summed E-state index contributed by atoms with van der Waals surface area (Å²) in [6.07, 6.45) is 0. The molecule has 0 saturated carbocycles. The summed E-state index contributed by atoms with van der Waals surface area (Å²) in [5.74, 6) is -1.06. The SMILES string of the molecule is COCC(=O)Nc1ccc(S(=O)(=O)NC(=O)c2ccccc2I)cc1. The van der Waals surface area contributed by atoms with Gasteiger partial charge in [0.1, 0.15) is 6.61 Å². The zero-order chi connectivity index (χ0) is 18.4. The number of carbonyl (C=O) groups excluding carboxylic acids is 2. The Balaban J connectivity index is 2.13. The quantitative estimate of drug-likeness (QED) is 0.624. The molecule has 0 saturated heterocycles. The predicted octanol–water partition coefficient (Wildman–Crippen LogP) is 1.99. The van der Waals surface area contributed by atoms with E-state index in [0.717, 1.165) is 0 Å². The molecule has 132 valence electrons. The smallest absolute Gasteiger partial charge is 0.266 e. The van der Waals surface area contributed by atoms with Crippen LogP contribution in [0.15, 0.2) is 53.4 Å². The van der Waals surface area contributed by atoms with Crippen LogP contribution in [-0.4, -0.2) is 33.9 Å². The van der Waals surface area contributed by atoms with E-state index in [-0.39, 0.29) is 23.0 Å². The van der Waals surface area contributed by atoms with E-state index < -0.39 is 15.9 Å². The fourth-order valence-electron chi connectivity index (χ4n) is 1.93. The van der Waals surface area contributed by atoms with Crippen molar-refractivity contribution < 1.29 is 22.7 Å². The second-order valence-corrected chi connectivity index (χ2v) is 7.76. The van der Waals surface area contributed by atoms with Crippen molar-refractivity contribution in [2.75, 3.05) is 19.0 Å². The van der Waals surface area contributed by atoms with Crippen LogP contribution in [0.2, 0.25) is 0 Å². The van der Waals surface area contributed by atoms with Gasteiger partial charge in [-0.1, -0.05) is 12.1 Å². The summed E-state index contributed by atoms with van der Waals surface area (Å²) >= 11 is 1.96. The fraction of sp³-hybridized carbons (Fsp3) is 0.125. The van der Waals surface area contributed by atoms with Crippen molar-refractivity contribution in [1.82, 2.24) is 4.72 Å². The fourth-order valence-corrected chi connectivity index (χ4v) is 3.53. The second kappa shape index (κ2) is 8.41. The molecule has 2 aromatic carbocycles. The molecule has 2 N–H and O–H groups in total. The van der Waals surface area contributed by atoms with Crippen molar-refractivity contribution in [2.45, 2.75) is 4.90 Å². The Morgan fingerprint density at radius 2 is 1.72 bits per heavy atom. The van der Waals surface area contributed by atoms with Gasteiger partial charge in [0, 0.05) is 16.4 Å². The number of carbonyl (C=O) groups is 2. The molecule has 2 amide bonds. The number of halogens is 1. The number of rotatable bonds is 6. The molecular weight excluding hydrogens is 459 g/mol. The maximum absolute atomic E-state index is 12.3. The van der Waals surface area contributed by atoms with Crippen molar-refractivity contribution in [1.29, 1.82) is 0 Å². The largest absolute Gasteiger partial charge is 0.375 e. The summed E-state index contributed by atoms with van der Waals surface area (Å²) < 4.78 is 32.0. The van der Waals surface area contributed by atoms with Gasteiger partial charge in [-0.2, -0.15) is 0 Å². The molecule has 7 nitrogen and oxygen atoms in total.